The first-order chi connectivity index (χ1) is 5.29. The molecular formula is C4H23O18Pu-. The third kappa shape index (κ3) is 167. The van der Waals surface area contributed by atoms with E-state index in [1.807, 2.05) is 0 Å². The van der Waals surface area contributed by atoms with Gasteiger partial charge in [0.05, 0.1) is 0 Å². The molecule has 0 aliphatic rings. The summed E-state index contributed by atoms with van der Waals surface area (Å²) in [5, 5.41) is 31.1. The maximum Gasteiger partial charge on any atom is 0.414 e. The van der Waals surface area contributed by atoms with Crippen LogP contribution >= 0.6 is 0 Å². The van der Waals surface area contributed by atoms with Crippen molar-refractivity contribution >= 4 is 23.9 Å². The average Bonchev–Trinajstić information content (AvgIpc) is 1.88. The first kappa shape index (κ1) is 125. The van der Waals surface area contributed by atoms with Gasteiger partial charge in [-0.2, -0.15) is 0 Å². The average molecular weight is 603 g/mol. The Balaban J connectivity index is -0.00000000535. The second-order valence-electron chi connectivity index (χ2n) is 1.20. The summed E-state index contributed by atoms with van der Waals surface area (Å²) in [5.41, 5.74) is 0. The topological polar surface area (TPSA) is 467 Å². The molecule has 0 aliphatic heterocycles. The van der Waals surface area contributed by atoms with Crippen LogP contribution in [0.4, 0.5) is 0 Å². The maximum atomic E-state index is 9.10. The van der Waals surface area contributed by atoms with Crippen molar-refractivity contribution in [2.45, 2.75) is 0 Å². The molecule has 0 amide bonds. The Morgan fingerprint density at radius 3 is 0.565 bits per heavy atom. The number of carbonyl (C=O) groups is 4. The summed E-state index contributed by atoms with van der Waals surface area (Å²) in [6.45, 7) is 0. The largest absolute Gasteiger partial charge is 0.539 e. The molecule has 0 fully saturated rings. The molecule has 0 aliphatic carbocycles. The molecule has 0 heterocycles. The van der Waals surface area contributed by atoms with Crippen LogP contribution < -0.4 is 5.11 Å². The Bertz CT molecular complexity index is 177. The molecule has 0 saturated carbocycles. The predicted octanol–water partition coefficient (Wildman–Crippen LogP) is -11.3. The van der Waals surface area contributed by atoms with Crippen LogP contribution in [0.1, 0.15) is 0 Å². The number of carboxylic acids is 4. The van der Waals surface area contributed by atoms with Crippen molar-refractivity contribution in [1.82, 2.24) is 0 Å². The molecule has 0 bridgehead atoms. The van der Waals surface area contributed by atoms with Gasteiger partial charge in [0.25, 0.3) is 0 Å². The molecule has 0 saturated heterocycles. The van der Waals surface area contributed by atoms with Crippen molar-refractivity contribution in [3.8, 4) is 0 Å². The molecule has 0 unspecified atom stereocenters. The third-order valence-electron chi connectivity index (χ3n) is 0.358. The molecule has 23 heavy (non-hydrogen) atoms. The summed E-state index contributed by atoms with van der Waals surface area (Å²) in [5.74, 6) is -7.66. The molecule has 0 radical (unpaired) electrons. The van der Waals surface area contributed by atoms with Crippen LogP contribution in [-0.2, 0) is 19.2 Å². The Kier molecular flexibility index (Phi) is 386. The molecule has 23 N–H and O–H groups in total. The van der Waals surface area contributed by atoms with E-state index in [-0.39, 0.29) is 83.9 Å². The standard InChI is InChI=1S/2C2H2O4.10H2O.Pu/c2*3-1(4)2(5)6;;;;;;;;;;;/h2*(H,3,4)(H,5,6);10*1H2;/p-1. The van der Waals surface area contributed by atoms with E-state index >= 15 is 0 Å². The zero-order valence-electron chi connectivity index (χ0n) is 10.8. The van der Waals surface area contributed by atoms with E-state index in [1.54, 1.807) is 0 Å². The number of rotatable bonds is 0. The summed E-state index contributed by atoms with van der Waals surface area (Å²) < 4.78 is 0. The fraction of sp³-hybridized carbons (Fsp3) is 0. The van der Waals surface area contributed by atoms with Gasteiger partial charge in [0.15, 0.2) is 5.97 Å². The van der Waals surface area contributed by atoms with E-state index < -0.39 is 23.9 Å². The summed E-state index contributed by atoms with van der Waals surface area (Å²) in [6, 6.07) is 0. The molecule has 18 nitrogen and oxygen atoms in total. The summed E-state index contributed by atoms with van der Waals surface area (Å²) in [6.07, 6.45) is 0. The molecule has 0 spiro atoms. The molecule has 0 rings (SSSR count). The summed E-state index contributed by atoms with van der Waals surface area (Å²) in [7, 11) is 0. The molecule has 0 aromatic rings. The van der Waals surface area contributed by atoms with Crippen LogP contribution in [0.15, 0.2) is 0 Å². The van der Waals surface area contributed by atoms with Gasteiger partial charge in [-0.3, -0.25) is 0 Å². The van der Waals surface area contributed by atoms with Crippen LogP contribution in [0, 0.1) is 29.2 Å². The van der Waals surface area contributed by atoms with Crippen LogP contribution in [0.25, 0.3) is 0 Å². The molecule has 0 aromatic heterocycles. The SMILES string of the molecule is O.O.O.O.O.O.O.O.O.O.O=C(O)C(=O)O.O=C([O-])C(=O)O.[Pu]. The monoisotopic (exact) mass is 597 g/mol. The van der Waals surface area contributed by atoms with Crippen molar-refractivity contribution < 1.29 is 124 Å². The zero-order chi connectivity index (χ0) is 10.3. The Labute approximate surface area is 148 Å². The van der Waals surface area contributed by atoms with Gasteiger partial charge in [0, 0.05) is 29.2 Å². The van der Waals surface area contributed by atoms with Gasteiger partial charge in [-0.15, -0.1) is 0 Å². The summed E-state index contributed by atoms with van der Waals surface area (Å²) in [4.78, 5) is 36.2. The van der Waals surface area contributed by atoms with Crippen molar-refractivity contribution in [3.63, 3.8) is 0 Å². The van der Waals surface area contributed by atoms with E-state index in [1.165, 1.54) is 0 Å². The second kappa shape index (κ2) is 70.8. The minimum absolute atomic E-state index is 0. The van der Waals surface area contributed by atoms with Gasteiger partial charge in [-0.25, -0.2) is 14.4 Å². The van der Waals surface area contributed by atoms with Crippen LogP contribution in [0.5, 0.6) is 0 Å². The fourth-order valence-electron chi connectivity index (χ4n) is 0. The van der Waals surface area contributed by atoms with Gasteiger partial charge in [0.1, 0.15) is 0 Å². The van der Waals surface area contributed by atoms with Crippen molar-refractivity contribution in [3.05, 3.63) is 0 Å². The van der Waals surface area contributed by atoms with Gasteiger partial charge < -0.3 is 80.0 Å². The Morgan fingerprint density at radius 1 is 0.478 bits per heavy atom. The van der Waals surface area contributed by atoms with Crippen LogP contribution in [0.3, 0.4) is 0 Å². The van der Waals surface area contributed by atoms with E-state index in [2.05, 4.69) is 0 Å². The number of hydrogen-bond donors (Lipinski definition) is 3. The van der Waals surface area contributed by atoms with Gasteiger partial charge in [-0.05, 0) is 0 Å². The second-order valence-corrected chi connectivity index (χ2v) is 1.20. The number of aliphatic carboxylic acids is 4. The summed E-state index contributed by atoms with van der Waals surface area (Å²) >= 11 is 0. The number of hydrogen-bond acceptors (Lipinski definition) is 5. The molecule has 19 heteroatoms. The van der Waals surface area contributed by atoms with Crippen LogP contribution in [0.2, 0.25) is 0 Å². The zero-order valence-corrected chi connectivity index (χ0v) is 14.2. The van der Waals surface area contributed by atoms with Gasteiger partial charge in [0.2, 0.25) is 0 Å². The van der Waals surface area contributed by atoms with E-state index in [0.717, 1.165) is 0 Å². The third-order valence-corrected chi connectivity index (χ3v) is 0.358. The minimum atomic E-state index is -2.07. The van der Waals surface area contributed by atoms with E-state index in [9.17, 15) is 0 Å². The van der Waals surface area contributed by atoms with Gasteiger partial charge >= 0.3 is 17.9 Å². The molecule has 0 aromatic carbocycles. The molecular weight excluding hydrogens is 580 g/mol. The first-order valence-electron chi connectivity index (χ1n) is 2.19. The van der Waals surface area contributed by atoms with Gasteiger partial charge in [-0.1, -0.05) is 0 Å². The maximum absolute atomic E-state index is 9.10. The smallest absolute Gasteiger partial charge is 0.414 e. The quantitative estimate of drug-likeness (QED) is 0.223. The van der Waals surface area contributed by atoms with E-state index in [0.29, 0.717) is 0 Å². The molecule has 0 atom stereocenters. The Hall–Kier alpha value is -1.53. The number of carboxylic acid groups (broad SMARTS) is 4. The first-order valence-corrected chi connectivity index (χ1v) is 2.19. The Morgan fingerprint density at radius 2 is 0.565 bits per heavy atom. The van der Waals surface area contributed by atoms with E-state index in [4.69, 9.17) is 39.6 Å². The number of carbonyl (C=O) groups excluding carboxylic acids is 1. The fourth-order valence-corrected chi connectivity index (χ4v) is 0. The van der Waals surface area contributed by atoms with Crippen molar-refractivity contribution in [2.75, 3.05) is 0 Å². The normalized spacial score (nSPS) is 3.83. The molecule has 154 valence electrons. The van der Waals surface area contributed by atoms with Crippen molar-refractivity contribution in [2.24, 2.45) is 0 Å². The van der Waals surface area contributed by atoms with Crippen LogP contribution in [-0.4, -0.2) is 94.0 Å². The predicted molar refractivity (Wildman–Crippen MR) is 64.1 cm³/mol. The van der Waals surface area contributed by atoms with Crippen molar-refractivity contribution in [1.29, 1.82) is 0 Å². The minimum Gasteiger partial charge on any atom is -0.539 e.